The van der Waals surface area contributed by atoms with Crippen LogP contribution in [-0.2, 0) is 19.1 Å². The van der Waals surface area contributed by atoms with E-state index in [0.717, 1.165) is 12.8 Å². The van der Waals surface area contributed by atoms with Crippen molar-refractivity contribution in [1.82, 2.24) is 0 Å². The van der Waals surface area contributed by atoms with Crippen LogP contribution in [0.15, 0.2) is 0 Å². The number of hydrogen-bond donors (Lipinski definition) is 3. The van der Waals surface area contributed by atoms with Gasteiger partial charge in [-0.15, -0.1) is 0 Å². The lowest BCUT2D eigenvalue weighted by atomic mass is 9.48. The fourth-order valence-corrected chi connectivity index (χ4v) is 6.32. The van der Waals surface area contributed by atoms with Crippen LogP contribution < -0.4 is 0 Å². The van der Waals surface area contributed by atoms with E-state index in [1.165, 1.54) is 0 Å². The topological polar surface area (TPSA) is 113 Å². The molecular weight excluding hydrogens is 340 g/mol. The number of rotatable bonds is 4. The van der Waals surface area contributed by atoms with E-state index in [2.05, 4.69) is 13.8 Å². The number of carboxylic acids is 1. The minimum atomic E-state index is -1.11. The summed E-state index contributed by atoms with van der Waals surface area (Å²) < 4.78 is 12.0. The van der Waals surface area contributed by atoms with E-state index in [1.807, 2.05) is 0 Å². The van der Waals surface area contributed by atoms with Gasteiger partial charge >= 0.3 is 11.9 Å². The first-order valence-corrected chi connectivity index (χ1v) is 9.50. The smallest absolute Gasteiger partial charge is 0.306 e. The second kappa shape index (κ2) is 5.42. The van der Waals surface area contributed by atoms with Gasteiger partial charge < -0.3 is 24.8 Å². The first-order chi connectivity index (χ1) is 12.0. The summed E-state index contributed by atoms with van der Waals surface area (Å²) in [6.07, 6.45) is -0.459. The number of fused-ring (bicyclic) bond motifs is 1. The molecule has 0 amide bonds. The highest BCUT2D eigenvalue weighted by Gasteiger charge is 2.77. The Balaban J connectivity index is 1.61. The van der Waals surface area contributed by atoms with E-state index in [4.69, 9.17) is 14.6 Å². The fourth-order valence-electron chi connectivity index (χ4n) is 6.32. The van der Waals surface area contributed by atoms with Crippen molar-refractivity contribution >= 4 is 11.9 Å². The molecule has 2 saturated carbocycles. The maximum Gasteiger partial charge on any atom is 0.306 e. The second-order valence-corrected chi connectivity index (χ2v) is 9.47. The van der Waals surface area contributed by atoms with Crippen LogP contribution in [0.2, 0.25) is 0 Å². The third-order valence-electron chi connectivity index (χ3n) is 7.64. The van der Waals surface area contributed by atoms with Gasteiger partial charge in [-0.25, -0.2) is 0 Å². The van der Waals surface area contributed by atoms with Crippen molar-refractivity contribution in [2.24, 2.45) is 23.2 Å². The SMILES string of the molecule is CC1(O)CCC23OC4C(C(O)C(OC(=O)CCC(=O)O)C41)C2CC3(C)C. The molecule has 1 spiro atoms. The Morgan fingerprint density at radius 1 is 1.19 bits per heavy atom. The number of carboxylic acid groups (broad SMARTS) is 1. The molecule has 0 aromatic heterocycles. The van der Waals surface area contributed by atoms with Gasteiger partial charge in [-0.3, -0.25) is 9.59 Å². The lowest BCUT2D eigenvalue weighted by Gasteiger charge is -2.59. The van der Waals surface area contributed by atoms with E-state index in [9.17, 15) is 19.8 Å². The molecule has 26 heavy (non-hydrogen) atoms. The lowest BCUT2D eigenvalue weighted by molar-refractivity contribution is -0.214. The zero-order chi connectivity index (χ0) is 19.1. The van der Waals surface area contributed by atoms with Gasteiger partial charge in [0, 0.05) is 5.92 Å². The van der Waals surface area contributed by atoms with Crippen LogP contribution in [0.25, 0.3) is 0 Å². The summed E-state index contributed by atoms with van der Waals surface area (Å²) in [5.74, 6) is -2.18. The average molecular weight is 368 g/mol. The van der Waals surface area contributed by atoms with Gasteiger partial charge in [-0.1, -0.05) is 13.8 Å². The fraction of sp³-hybridized carbons (Fsp3) is 0.895. The number of carbonyl (C=O) groups is 2. The largest absolute Gasteiger partial charge is 0.481 e. The van der Waals surface area contributed by atoms with E-state index < -0.39 is 35.7 Å². The molecular formula is C19H28O7. The van der Waals surface area contributed by atoms with Gasteiger partial charge in [0.05, 0.1) is 42.2 Å². The molecule has 3 N–H and O–H groups in total. The summed E-state index contributed by atoms with van der Waals surface area (Å²) in [6, 6.07) is 0. The van der Waals surface area contributed by atoms with E-state index in [0.29, 0.717) is 6.42 Å². The Morgan fingerprint density at radius 2 is 1.88 bits per heavy atom. The minimum Gasteiger partial charge on any atom is -0.481 e. The van der Waals surface area contributed by atoms with Crippen LogP contribution >= 0.6 is 0 Å². The van der Waals surface area contributed by atoms with Crippen molar-refractivity contribution in [1.29, 1.82) is 0 Å². The molecule has 0 radical (unpaired) electrons. The summed E-state index contributed by atoms with van der Waals surface area (Å²) in [6.45, 7) is 6.08. The maximum atomic E-state index is 12.1. The number of carbonyl (C=O) groups excluding carboxylic acids is 1. The quantitative estimate of drug-likeness (QED) is 0.637. The second-order valence-electron chi connectivity index (χ2n) is 9.47. The Kier molecular flexibility index (Phi) is 3.80. The van der Waals surface area contributed by atoms with Gasteiger partial charge in [0.1, 0.15) is 6.10 Å². The molecule has 2 aliphatic carbocycles. The molecule has 4 rings (SSSR count). The van der Waals surface area contributed by atoms with Crippen molar-refractivity contribution in [3.63, 3.8) is 0 Å². The maximum absolute atomic E-state index is 12.1. The predicted octanol–water partition coefficient (Wildman–Crippen LogP) is 1.10. The summed E-state index contributed by atoms with van der Waals surface area (Å²) in [5, 5.41) is 30.8. The van der Waals surface area contributed by atoms with Gasteiger partial charge in [-0.2, -0.15) is 0 Å². The predicted molar refractivity (Wildman–Crippen MR) is 89.1 cm³/mol. The molecule has 8 atom stereocenters. The molecule has 8 unspecified atom stereocenters. The van der Waals surface area contributed by atoms with E-state index in [1.54, 1.807) is 6.92 Å². The van der Waals surface area contributed by atoms with Crippen molar-refractivity contribution < 1.29 is 34.4 Å². The lowest BCUT2D eigenvalue weighted by Crippen LogP contribution is -2.61. The molecule has 7 nitrogen and oxygen atoms in total. The van der Waals surface area contributed by atoms with Crippen molar-refractivity contribution in [2.45, 2.75) is 82.4 Å². The van der Waals surface area contributed by atoms with E-state index in [-0.39, 0.29) is 41.8 Å². The molecule has 0 aromatic rings. The number of esters is 1. The van der Waals surface area contributed by atoms with Crippen LogP contribution in [0, 0.1) is 23.2 Å². The molecule has 2 heterocycles. The Hall–Kier alpha value is -1.18. The van der Waals surface area contributed by atoms with Crippen molar-refractivity contribution in [3.05, 3.63) is 0 Å². The molecule has 4 fully saturated rings. The normalized spacial score (nSPS) is 50.5. The van der Waals surface area contributed by atoms with Gasteiger partial charge in [0.2, 0.25) is 0 Å². The van der Waals surface area contributed by atoms with Crippen molar-refractivity contribution in [3.8, 4) is 0 Å². The van der Waals surface area contributed by atoms with Crippen LogP contribution in [0.4, 0.5) is 0 Å². The molecule has 2 bridgehead atoms. The minimum absolute atomic E-state index is 0.000355. The summed E-state index contributed by atoms with van der Waals surface area (Å²) in [7, 11) is 0. The highest BCUT2D eigenvalue weighted by molar-refractivity contribution is 5.76. The molecule has 2 saturated heterocycles. The Bertz CT molecular complexity index is 642. The first-order valence-electron chi connectivity index (χ1n) is 9.50. The first kappa shape index (κ1) is 18.2. The number of hydrogen-bond acceptors (Lipinski definition) is 6. The zero-order valence-electron chi connectivity index (χ0n) is 15.5. The highest BCUT2D eigenvalue weighted by atomic mass is 16.6. The number of aliphatic carboxylic acids is 1. The summed E-state index contributed by atoms with van der Waals surface area (Å²) in [5.41, 5.74) is -1.43. The molecule has 4 aliphatic rings. The molecule has 0 aromatic carbocycles. The third kappa shape index (κ3) is 2.23. The Morgan fingerprint density at radius 3 is 2.50 bits per heavy atom. The average Bonchev–Trinajstić information content (AvgIpc) is 2.89. The standard InChI is InChI=1S/C19H28O7/c1-17(2)8-9-12-14(23)16(25-11(22)5-4-10(20)21)13-15(12)26-19(9,17)7-6-18(13,3)24/h9,12-16,23-24H,4-8H2,1-3H3,(H,20,21). The number of ether oxygens (including phenoxy) is 2. The van der Waals surface area contributed by atoms with Gasteiger partial charge in [0.25, 0.3) is 0 Å². The summed E-state index contributed by atoms with van der Waals surface area (Å²) in [4.78, 5) is 22.8. The summed E-state index contributed by atoms with van der Waals surface area (Å²) >= 11 is 0. The Labute approximate surface area is 152 Å². The van der Waals surface area contributed by atoms with Crippen LogP contribution in [0.5, 0.6) is 0 Å². The van der Waals surface area contributed by atoms with Crippen LogP contribution in [-0.4, -0.2) is 56.8 Å². The van der Waals surface area contributed by atoms with Gasteiger partial charge in [-0.05, 0) is 37.5 Å². The van der Waals surface area contributed by atoms with Crippen LogP contribution in [0.3, 0.4) is 0 Å². The molecule has 146 valence electrons. The van der Waals surface area contributed by atoms with Crippen molar-refractivity contribution in [2.75, 3.05) is 0 Å². The third-order valence-corrected chi connectivity index (χ3v) is 7.64. The molecule has 2 aliphatic heterocycles. The zero-order valence-corrected chi connectivity index (χ0v) is 15.5. The number of aliphatic hydroxyl groups excluding tert-OH is 1. The number of aliphatic hydroxyl groups is 2. The van der Waals surface area contributed by atoms with Crippen LogP contribution in [0.1, 0.15) is 52.9 Å². The monoisotopic (exact) mass is 368 g/mol. The highest BCUT2D eigenvalue weighted by Crippen LogP contribution is 2.71. The van der Waals surface area contributed by atoms with E-state index >= 15 is 0 Å². The molecule has 7 heteroatoms. The van der Waals surface area contributed by atoms with Gasteiger partial charge in [0.15, 0.2) is 0 Å².